The number of benzene rings is 1. The maximum absolute atomic E-state index is 5.36. The average Bonchev–Trinajstić information content (AvgIpc) is 2.48. The topological polar surface area (TPSA) is 37.0 Å². The van der Waals surface area contributed by atoms with Gasteiger partial charge in [-0.15, -0.1) is 0 Å². The molecule has 1 unspecified atom stereocenters. The van der Waals surface area contributed by atoms with Gasteiger partial charge in [0, 0.05) is 18.1 Å². The molecule has 0 radical (unpaired) electrons. The number of thiocarbonyl (C=S) groups is 1. The molecule has 2 aromatic rings. The van der Waals surface area contributed by atoms with Gasteiger partial charge in [-0.05, 0) is 60.5 Å². The minimum absolute atomic E-state index is 0.142. The van der Waals surface area contributed by atoms with Crippen LogP contribution in [0.4, 0.5) is 5.69 Å². The Bertz CT molecular complexity index is 579. The number of aromatic nitrogens is 1. The molecule has 3 nitrogen and oxygen atoms in total. The minimum atomic E-state index is 0.142. The standard InChI is InChI=1S/C17H21N3S/c1-12(2)14-4-6-16(7-5-14)20-17(21)19-13(3)15-8-10-18-11-9-15/h4-13H,1-3H3,(H2,19,20,21). The normalized spacial score (nSPS) is 12.0. The van der Waals surface area contributed by atoms with Crippen LogP contribution >= 0.6 is 12.2 Å². The highest BCUT2D eigenvalue weighted by Gasteiger charge is 2.07. The first-order valence-corrected chi connectivity index (χ1v) is 7.54. The van der Waals surface area contributed by atoms with Crippen LogP contribution in [0.25, 0.3) is 0 Å². The molecule has 1 atom stereocenters. The third kappa shape index (κ3) is 4.53. The fraction of sp³-hybridized carbons (Fsp3) is 0.294. The van der Waals surface area contributed by atoms with Crippen LogP contribution in [0, 0.1) is 0 Å². The lowest BCUT2D eigenvalue weighted by molar-refractivity contribution is 0.721. The molecule has 1 heterocycles. The summed E-state index contributed by atoms with van der Waals surface area (Å²) in [6.45, 7) is 6.45. The number of rotatable bonds is 4. The van der Waals surface area contributed by atoms with E-state index in [4.69, 9.17) is 12.2 Å². The first kappa shape index (κ1) is 15.4. The molecule has 0 amide bonds. The maximum Gasteiger partial charge on any atom is 0.171 e. The van der Waals surface area contributed by atoms with Crippen LogP contribution < -0.4 is 10.6 Å². The predicted molar refractivity (Wildman–Crippen MR) is 92.5 cm³/mol. The molecular formula is C17H21N3S. The molecule has 0 spiro atoms. The van der Waals surface area contributed by atoms with Crippen molar-refractivity contribution in [1.29, 1.82) is 0 Å². The monoisotopic (exact) mass is 299 g/mol. The van der Waals surface area contributed by atoms with Crippen molar-refractivity contribution in [3.05, 3.63) is 59.9 Å². The Hall–Kier alpha value is -1.94. The fourth-order valence-electron chi connectivity index (χ4n) is 2.05. The van der Waals surface area contributed by atoms with Crippen molar-refractivity contribution in [2.24, 2.45) is 0 Å². The Morgan fingerprint density at radius 2 is 1.57 bits per heavy atom. The molecule has 0 aliphatic rings. The predicted octanol–water partition coefficient (Wildman–Crippen LogP) is 4.25. The quantitative estimate of drug-likeness (QED) is 0.828. The molecule has 2 rings (SSSR count). The van der Waals surface area contributed by atoms with Crippen molar-refractivity contribution < 1.29 is 0 Å². The number of anilines is 1. The van der Waals surface area contributed by atoms with Gasteiger partial charge in [-0.3, -0.25) is 4.98 Å². The van der Waals surface area contributed by atoms with Crippen molar-refractivity contribution in [1.82, 2.24) is 10.3 Å². The van der Waals surface area contributed by atoms with E-state index in [0.717, 1.165) is 11.3 Å². The van der Waals surface area contributed by atoms with Crippen LogP contribution in [0.15, 0.2) is 48.8 Å². The summed E-state index contributed by atoms with van der Waals surface area (Å²) in [5.74, 6) is 0.538. The maximum atomic E-state index is 5.36. The van der Waals surface area contributed by atoms with Crippen LogP contribution in [-0.2, 0) is 0 Å². The molecule has 4 heteroatoms. The van der Waals surface area contributed by atoms with Gasteiger partial charge in [0.2, 0.25) is 0 Å². The fourth-order valence-corrected chi connectivity index (χ4v) is 2.35. The summed E-state index contributed by atoms with van der Waals surface area (Å²) >= 11 is 5.36. The number of hydrogen-bond acceptors (Lipinski definition) is 2. The van der Waals surface area contributed by atoms with E-state index in [2.05, 4.69) is 60.7 Å². The molecular weight excluding hydrogens is 278 g/mol. The molecule has 1 aromatic carbocycles. The smallest absolute Gasteiger partial charge is 0.171 e. The van der Waals surface area contributed by atoms with E-state index >= 15 is 0 Å². The second kappa shape index (κ2) is 7.18. The Morgan fingerprint density at radius 3 is 2.14 bits per heavy atom. The summed E-state index contributed by atoms with van der Waals surface area (Å²) in [5, 5.41) is 7.11. The summed E-state index contributed by atoms with van der Waals surface area (Å²) in [5.41, 5.74) is 3.48. The third-order valence-electron chi connectivity index (χ3n) is 3.39. The third-order valence-corrected chi connectivity index (χ3v) is 3.61. The molecule has 0 saturated carbocycles. The number of pyridine rings is 1. The molecule has 110 valence electrons. The van der Waals surface area contributed by atoms with Crippen molar-refractivity contribution in [3.8, 4) is 0 Å². The van der Waals surface area contributed by atoms with E-state index in [1.54, 1.807) is 12.4 Å². The van der Waals surface area contributed by atoms with Crippen molar-refractivity contribution in [2.75, 3.05) is 5.32 Å². The van der Waals surface area contributed by atoms with Gasteiger partial charge in [-0.25, -0.2) is 0 Å². The van der Waals surface area contributed by atoms with Gasteiger partial charge in [0.05, 0.1) is 6.04 Å². The number of hydrogen-bond donors (Lipinski definition) is 2. The first-order valence-electron chi connectivity index (χ1n) is 7.13. The summed E-state index contributed by atoms with van der Waals surface area (Å²) in [7, 11) is 0. The summed E-state index contributed by atoms with van der Waals surface area (Å²) in [4.78, 5) is 4.02. The van der Waals surface area contributed by atoms with E-state index in [0.29, 0.717) is 11.0 Å². The second-order valence-electron chi connectivity index (χ2n) is 5.38. The minimum Gasteiger partial charge on any atom is -0.356 e. The molecule has 0 fully saturated rings. The van der Waals surface area contributed by atoms with E-state index < -0.39 is 0 Å². The lowest BCUT2D eigenvalue weighted by Crippen LogP contribution is -2.30. The van der Waals surface area contributed by atoms with Crippen LogP contribution in [0.2, 0.25) is 0 Å². The highest BCUT2D eigenvalue weighted by atomic mass is 32.1. The molecule has 0 bridgehead atoms. The van der Waals surface area contributed by atoms with Gasteiger partial charge in [0.1, 0.15) is 0 Å². The second-order valence-corrected chi connectivity index (χ2v) is 5.79. The highest BCUT2D eigenvalue weighted by Crippen LogP contribution is 2.17. The molecule has 21 heavy (non-hydrogen) atoms. The SMILES string of the molecule is CC(C)c1ccc(NC(=S)NC(C)c2ccncc2)cc1. The van der Waals surface area contributed by atoms with Crippen LogP contribution in [-0.4, -0.2) is 10.1 Å². The van der Waals surface area contributed by atoms with Crippen molar-refractivity contribution >= 4 is 23.0 Å². The molecule has 0 aliphatic carbocycles. The lowest BCUT2D eigenvalue weighted by atomic mass is 10.0. The van der Waals surface area contributed by atoms with Crippen LogP contribution in [0.5, 0.6) is 0 Å². The number of nitrogens with zero attached hydrogens (tertiary/aromatic N) is 1. The van der Waals surface area contributed by atoms with Gasteiger partial charge in [0.15, 0.2) is 5.11 Å². The Balaban J connectivity index is 1.92. The van der Waals surface area contributed by atoms with E-state index in [9.17, 15) is 0 Å². The Kier molecular flexibility index (Phi) is 5.28. The van der Waals surface area contributed by atoms with Crippen LogP contribution in [0.3, 0.4) is 0 Å². The Labute approximate surface area is 131 Å². The zero-order valence-electron chi connectivity index (χ0n) is 12.6. The highest BCUT2D eigenvalue weighted by molar-refractivity contribution is 7.80. The Morgan fingerprint density at radius 1 is 0.952 bits per heavy atom. The first-order chi connectivity index (χ1) is 10.1. The van der Waals surface area contributed by atoms with Crippen molar-refractivity contribution in [3.63, 3.8) is 0 Å². The summed E-state index contributed by atoms with van der Waals surface area (Å²) in [6, 6.07) is 12.5. The van der Waals surface area contributed by atoms with Crippen molar-refractivity contribution in [2.45, 2.75) is 32.7 Å². The molecule has 1 aromatic heterocycles. The zero-order valence-corrected chi connectivity index (χ0v) is 13.4. The number of nitrogens with one attached hydrogen (secondary N) is 2. The summed E-state index contributed by atoms with van der Waals surface area (Å²) in [6.07, 6.45) is 3.57. The summed E-state index contributed by atoms with van der Waals surface area (Å²) < 4.78 is 0. The van der Waals surface area contributed by atoms with Crippen LogP contribution in [0.1, 0.15) is 43.9 Å². The van der Waals surface area contributed by atoms with Gasteiger partial charge in [0.25, 0.3) is 0 Å². The molecule has 0 aliphatic heterocycles. The van der Waals surface area contributed by atoms with Gasteiger partial charge in [-0.1, -0.05) is 26.0 Å². The van der Waals surface area contributed by atoms with Gasteiger partial charge >= 0.3 is 0 Å². The molecule has 0 saturated heterocycles. The molecule has 2 N–H and O–H groups in total. The van der Waals surface area contributed by atoms with Gasteiger partial charge in [-0.2, -0.15) is 0 Å². The van der Waals surface area contributed by atoms with E-state index in [1.807, 2.05) is 12.1 Å². The van der Waals surface area contributed by atoms with Gasteiger partial charge < -0.3 is 10.6 Å². The lowest BCUT2D eigenvalue weighted by Gasteiger charge is -2.17. The zero-order chi connectivity index (χ0) is 15.2. The van der Waals surface area contributed by atoms with E-state index in [-0.39, 0.29) is 6.04 Å². The van der Waals surface area contributed by atoms with E-state index in [1.165, 1.54) is 5.56 Å². The average molecular weight is 299 g/mol. The largest absolute Gasteiger partial charge is 0.356 e.